The zero-order valence-corrected chi connectivity index (χ0v) is 27.5. The summed E-state index contributed by atoms with van der Waals surface area (Å²) in [6.45, 7) is 3.13. The molecule has 10 heteroatoms. The Balaban J connectivity index is 1.29. The maximum absolute atomic E-state index is 14.2. The van der Waals surface area contributed by atoms with Gasteiger partial charge in [-0.3, -0.25) is 9.59 Å². The third-order valence-corrected chi connectivity index (χ3v) is 8.04. The van der Waals surface area contributed by atoms with E-state index >= 15 is 0 Å². The molecule has 0 aliphatic heterocycles. The monoisotopic (exact) mass is 658 g/mol. The number of imidazole rings is 1. The second-order valence-corrected chi connectivity index (χ2v) is 11.9. The average molecular weight is 659 g/mol. The molecule has 0 radical (unpaired) electrons. The highest BCUT2D eigenvalue weighted by Gasteiger charge is 2.28. The highest BCUT2D eigenvalue weighted by atomic mass is 16.5. The van der Waals surface area contributed by atoms with Crippen LogP contribution in [-0.2, 0) is 35.7 Å². The lowest BCUT2D eigenvalue weighted by molar-refractivity contribution is -0.138. The van der Waals surface area contributed by atoms with Gasteiger partial charge in [0.05, 0.1) is 12.9 Å². The van der Waals surface area contributed by atoms with Crippen molar-refractivity contribution in [3.63, 3.8) is 0 Å². The van der Waals surface area contributed by atoms with E-state index in [-0.39, 0.29) is 31.3 Å². The SMILES string of the molecule is CC(CNC(=O)CN(Cc1ccc(OCc2ccccc2)cc1)C(=O)C(Cc1cnc[nH]1)NC(=O)NCc1ccccc1)c1ccccc1. The summed E-state index contributed by atoms with van der Waals surface area (Å²) >= 11 is 0. The van der Waals surface area contributed by atoms with Gasteiger partial charge in [0, 0.05) is 37.9 Å². The van der Waals surface area contributed by atoms with Crippen molar-refractivity contribution in [3.05, 3.63) is 156 Å². The van der Waals surface area contributed by atoms with E-state index < -0.39 is 18.0 Å². The number of carbonyl (C=O) groups excluding carboxylic acids is 3. The first-order valence-electron chi connectivity index (χ1n) is 16.3. The van der Waals surface area contributed by atoms with Crippen molar-refractivity contribution in [2.75, 3.05) is 13.1 Å². The first kappa shape index (κ1) is 34.4. The Morgan fingerprint density at radius 2 is 1.45 bits per heavy atom. The molecule has 1 aromatic heterocycles. The number of ether oxygens (including phenoxy) is 1. The Morgan fingerprint density at radius 3 is 2.10 bits per heavy atom. The average Bonchev–Trinajstić information content (AvgIpc) is 3.66. The normalized spacial score (nSPS) is 11.9. The molecule has 4 amide bonds. The van der Waals surface area contributed by atoms with Crippen LogP contribution in [0.3, 0.4) is 0 Å². The first-order chi connectivity index (χ1) is 23.9. The van der Waals surface area contributed by atoms with E-state index in [0.29, 0.717) is 31.1 Å². The number of benzene rings is 4. The summed E-state index contributed by atoms with van der Waals surface area (Å²) < 4.78 is 5.94. The molecule has 4 aromatic carbocycles. The maximum Gasteiger partial charge on any atom is 0.315 e. The summed E-state index contributed by atoms with van der Waals surface area (Å²) in [6, 6.07) is 35.3. The van der Waals surface area contributed by atoms with Gasteiger partial charge in [0.2, 0.25) is 11.8 Å². The van der Waals surface area contributed by atoms with Crippen molar-refractivity contribution in [2.24, 2.45) is 0 Å². The van der Waals surface area contributed by atoms with Crippen molar-refractivity contribution in [1.29, 1.82) is 0 Å². The Morgan fingerprint density at radius 1 is 0.796 bits per heavy atom. The molecule has 5 aromatic rings. The molecule has 0 aliphatic carbocycles. The van der Waals surface area contributed by atoms with Crippen LogP contribution < -0.4 is 20.7 Å². The van der Waals surface area contributed by atoms with Crippen molar-refractivity contribution in [2.45, 2.75) is 45.0 Å². The fourth-order valence-electron chi connectivity index (χ4n) is 5.28. The van der Waals surface area contributed by atoms with Gasteiger partial charge < -0.3 is 30.6 Å². The smallest absolute Gasteiger partial charge is 0.315 e. The minimum atomic E-state index is -0.972. The van der Waals surface area contributed by atoms with Gasteiger partial charge >= 0.3 is 6.03 Å². The fourth-order valence-corrected chi connectivity index (χ4v) is 5.28. The molecule has 2 atom stereocenters. The number of nitrogens with zero attached hydrogens (tertiary/aromatic N) is 2. The largest absolute Gasteiger partial charge is 0.489 e. The second kappa shape index (κ2) is 17.9. The number of hydrogen-bond donors (Lipinski definition) is 4. The molecular weight excluding hydrogens is 616 g/mol. The third-order valence-electron chi connectivity index (χ3n) is 8.04. The zero-order chi connectivity index (χ0) is 34.3. The number of carbonyl (C=O) groups is 3. The van der Waals surface area contributed by atoms with Gasteiger partial charge in [0.15, 0.2) is 0 Å². The Bertz CT molecular complexity index is 1730. The fraction of sp³-hybridized carbons (Fsp3) is 0.231. The van der Waals surface area contributed by atoms with Crippen LogP contribution in [0.15, 0.2) is 128 Å². The minimum Gasteiger partial charge on any atom is -0.489 e. The highest BCUT2D eigenvalue weighted by molar-refractivity contribution is 5.90. The number of H-pyrrole nitrogens is 1. The van der Waals surface area contributed by atoms with Crippen LogP contribution in [0.2, 0.25) is 0 Å². The van der Waals surface area contributed by atoms with Crippen molar-refractivity contribution < 1.29 is 19.1 Å². The number of aromatic amines is 1. The van der Waals surface area contributed by atoms with Crippen molar-refractivity contribution in [1.82, 2.24) is 30.8 Å². The lowest BCUT2D eigenvalue weighted by atomic mass is 10.0. The predicted molar refractivity (Wildman–Crippen MR) is 188 cm³/mol. The van der Waals surface area contributed by atoms with E-state index in [2.05, 4.69) is 25.9 Å². The molecule has 2 unspecified atom stereocenters. The predicted octanol–water partition coefficient (Wildman–Crippen LogP) is 5.35. The molecular formula is C39H42N6O4. The van der Waals surface area contributed by atoms with Crippen molar-refractivity contribution in [3.8, 4) is 5.75 Å². The van der Waals surface area contributed by atoms with Gasteiger partial charge in [-0.2, -0.15) is 0 Å². The first-order valence-corrected chi connectivity index (χ1v) is 16.3. The topological polar surface area (TPSA) is 128 Å². The standard InChI is InChI=1S/C39H42N6O4/c1-29(33-15-9-4-10-16-33)22-41-37(46)26-45(25-31-17-19-35(20-18-31)49-27-32-13-7-3-8-14-32)38(47)36(21-34-24-40-28-43-34)44-39(48)42-23-30-11-5-2-6-12-30/h2-20,24,28-29,36H,21-23,25-27H2,1H3,(H,40,43)(H,41,46)(H2,42,44,48). The molecule has 4 N–H and O–H groups in total. The van der Waals surface area contributed by atoms with E-state index in [1.165, 1.54) is 11.2 Å². The molecule has 0 saturated heterocycles. The van der Waals surface area contributed by atoms with Crippen LogP contribution in [0.4, 0.5) is 4.79 Å². The highest BCUT2D eigenvalue weighted by Crippen LogP contribution is 2.17. The van der Waals surface area contributed by atoms with Crippen LogP contribution in [0, 0.1) is 0 Å². The van der Waals surface area contributed by atoms with E-state index in [1.807, 2.05) is 122 Å². The second-order valence-electron chi connectivity index (χ2n) is 11.9. The van der Waals surface area contributed by atoms with Gasteiger partial charge in [0.1, 0.15) is 18.4 Å². The molecule has 252 valence electrons. The molecule has 5 rings (SSSR count). The Hall–Kier alpha value is -5.90. The van der Waals surface area contributed by atoms with Gasteiger partial charge in [-0.1, -0.05) is 110 Å². The Kier molecular flexibility index (Phi) is 12.6. The van der Waals surface area contributed by atoms with Crippen LogP contribution in [0.1, 0.15) is 40.8 Å². The summed E-state index contributed by atoms with van der Waals surface area (Å²) in [5.41, 5.74) is 4.56. The van der Waals surface area contributed by atoms with Gasteiger partial charge in [0.25, 0.3) is 0 Å². The number of rotatable bonds is 16. The van der Waals surface area contributed by atoms with Crippen molar-refractivity contribution >= 4 is 17.8 Å². The Labute approximate surface area is 286 Å². The molecule has 0 saturated carbocycles. The third kappa shape index (κ3) is 11.1. The molecule has 10 nitrogen and oxygen atoms in total. The summed E-state index contributed by atoms with van der Waals surface area (Å²) in [5, 5.41) is 8.66. The molecule has 49 heavy (non-hydrogen) atoms. The number of urea groups is 1. The molecule has 0 fully saturated rings. The van der Waals surface area contributed by atoms with Gasteiger partial charge in [-0.25, -0.2) is 9.78 Å². The summed E-state index contributed by atoms with van der Waals surface area (Å²) in [4.78, 5) is 49.2. The van der Waals surface area contributed by atoms with Gasteiger partial charge in [-0.15, -0.1) is 0 Å². The minimum absolute atomic E-state index is 0.0841. The van der Waals surface area contributed by atoms with Crippen LogP contribution in [0.5, 0.6) is 5.75 Å². The lowest BCUT2D eigenvalue weighted by Crippen LogP contribution is -2.53. The molecule has 0 bridgehead atoms. The van der Waals surface area contributed by atoms with Crippen LogP contribution in [0.25, 0.3) is 0 Å². The molecule has 0 spiro atoms. The molecule has 0 aliphatic rings. The quantitative estimate of drug-likeness (QED) is 0.114. The van der Waals surface area contributed by atoms with E-state index in [0.717, 1.165) is 22.3 Å². The summed E-state index contributed by atoms with van der Waals surface area (Å²) in [5.74, 6) is 0.0701. The van der Waals surface area contributed by atoms with Crippen LogP contribution in [-0.4, -0.2) is 51.8 Å². The van der Waals surface area contributed by atoms with Crippen LogP contribution >= 0.6 is 0 Å². The number of aromatic nitrogens is 2. The lowest BCUT2D eigenvalue weighted by Gasteiger charge is -2.28. The maximum atomic E-state index is 14.2. The van der Waals surface area contributed by atoms with E-state index in [1.54, 1.807) is 6.20 Å². The number of hydrogen-bond acceptors (Lipinski definition) is 5. The van der Waals surface area contributed by atoms with E-state index in [9.17, 15) is 14.4 Å². The van der Waals surface area contributed by atoms with E-state index in [4.69, 9.17) is 4.74 Å². The molecule has 1 heterocycles. The number of amides is 4. The summed E-state index contributed by atoms with van der Waals surface area (Å²) in [7, 11) is 0. The summed E-state index contributed by atoms with van der Waals surface area (Å²) in [6.07, 6.45) is 3.29. The number of nitrogens with one attached hydrogen (secondary N) is 4. The van der Waals surface area contributed by atoms with Gasteiger partial charge in [-0.05, 0) is 40.3 Å². The zero-order valence-electron chi connectivity index (χ0n) is 27.5.